The van der Waals surface area contributed by atoms with E-state index in [1.807, 2.05) is 24.0 Å². The first-order valence-electron chi connectivity index (χ1n) is 11.7. The molecule has 1 amide bonds. The van der Waals surface area contributed by atoms with Gasteiger partial charge in [-0.2, -0.15) is 5.10 Å². The van der Waals surface area contributed by atoms with Crippen molar-refractivity contribution < 1.29 is 19.5 Å². The fraction of sp³-hybridized carbons (Fsp3) is 0.565. The van der Waals surface area contributed by atoms with Crippen LogP contribution in [0.2, 0.25) is 0 Å². The van der Waals surface area contributed by atoms with Crippen LogP contribution >= 0.6 is 0 Å². The van der Waals surface area contributed by atoms with E-state index in [0.29, 0.717) is 32.2 Å². The van der Waals surface area contributed by atoms with Crippen molar-refractivity contribution in [2.24, 2.45) is 11.8 Å². The highest BCUT2D eigenvalue weighted by Crippen LogP contribution is 2.47. The van der Waals surface area contributed by atoms with Gasteiger partial charge in [-0.15, -0.1) is 0 Å². The second-order valence-corrected chi connectivity index (χ2v) is 9.32. The Morgan fingerprint density at radius 2 is 2.00 bits per heavy atom. The molecule has 10 heteroatoms. The van der Waals surface area contributed by atoms with Crippen LogP contribution < -0.4 is 16.1 Å². The quantitative estimate of drug-likeness (QED) is 0.523. The molecule has 33 heavy (non-hydrogen) atoms. The Morgan fingerprint density at radius 3 is 2.67 bits per heavy atom. The number of aryl methyl sites for hydroxylation is 1. The summed E-state index contributed by atoms with van der Waals surface area (Å²) in [6, 6.07) is 0.174. The third-order valence-corrected chi connectivity index (χ3v) is 7.25. The molecule has 3 aliphatic rings. The molecule has 2 aromatic heterocycles. The summed E-state index contributed by atoms with van der Waals surface area (Å²) in [5, 5.41) is 21.1. The highest BCUT2D eigenvalue weighted by atomic mass is 16.7. The molecule has 2 fully saturated rings. The standard InChI is InChI=1S/C23H30N6O4/c1-3-29-20-17(12-26-29)19(27-15-6-4-13(5-7-15)22(31)32)16(11-25-20)18-10-23(33-28-18)8-14(9-23)21(30)24-2/h10-15,28H,3-9H2,1-2H3,(H,24,30)(H,25,27)(H,31,32). The normalized spacial score (nSPS) is 28.8. The van der Waals surface area contributed by atoms with Gasteiger partial charge in [0.2, 0.25) is 5.91 Å². The van der Waals surface area contributed by atoms with Crippen molar-refractivity contribution in [2.75, 3.05) is 12.4 Å². The number of hydrogen-bond acceptors (Lipinski definition) is 7. The van der Waals surface area contributed by atoms with Crippen LogP contribution in [0.25, 0.3) is 16.7 Å². The predicted molar refractivity (Wildman–Crippen MR) is 122 cm³/mol. The number of rotatable bonds is 6. The van der Waals surface area contributed by atoms with Gasteiger partial charge in [0.15, 0.2) is 5.65 Å². The number of carbonyl (C=O) groups excluding carboxylic acids is 1. The average Bonchev–Trinajstić information content (AvgIpc) is 3.43. The number of carbonyl (C=O) groups is 2. The van der Waals surface area contributed by atoms with Crippen LogP contribution in [0.3, 0.4) is 0 Å². The highest BCUT2D eigenvalue weighted by molar-refractivity contribution is 5.96. The van der Waals surface area contributed by atoms with Gasteiger partial charge in [-0.05, 0) is 51.5 Å². The Morgan fingerprint density at radius 1 is 1.24 bits per heavy atom. The van der Waals surface area contributed by atoms with Gasteiger partial charge in [0.05, 0.1) is 28.9 Å². The SMILES string of the molecule is CCn1ncc2c(NC3CCC(C(=O)O)CC3)c(C3=CC4(CC(C(=O)NC)C4)ON3)cnc21. The fourth-order valence-electron chi connectivity index (χ4n) is 5.28. The maximum absolute atomic E-state index is 11.9. The Hall–Kier alpha value is -3.14. The zero-order chi connectivity index (χ0) is 23.2. The lowest BCUT2D eigenvalue weighted by Crippen LogP contribution is -2.49. The molecule has 4 N–H and O–H groups in total. The minimum Gasteiger partial charge on any atom is -0.481 e. The summed E-state index contributed by atoms with van der Waals surface area (Å²) in [6.45, 7) is 2.74. The molecule has 10 nitrogen and oxygen atoms in total. The Labute approximate surface area is 191 Å². The average molecular weight is 455 g/mol. The maximum atomic E-state index is 11.9. The molecule has 2 aromatic rings. The van der Waals surface area contributed by atoms with E-state index in [1.54, 1.807) is 7.05 Å². The molecular weight excluding hydrogens is 424 g/mol. The Balaban J connectivity index is 1.44. The third kappa shape index (κ3) is 3.82. The smallest absolute Gasteiger partial charge is 0.306 e. The summed E-state index contributed by atoms with van der Waals surface area (Å²) < 4.78 is 1.86. The molecule has 0 unspecified atom stereocenters. The number of aromatic nitrogens is 3. The summed E-state index contributed by atoms with van der Waals surface area (Å²) in [5.74, 6) is -0.969. The molecule has 1 spiro atoms. The van der Waals surface area contributed by atoms with Gasteiger partial charge >= 0.3 is 5.97 Å². The van der Waals surface area contributed by atoms with Crippen molar-refractivity contribution in [1.82, 2.24) is 25.6 Å². The molecule has 0 aromatic carbocycles. The fourth-order valence-corrected chi connectivity index (χ4v) is 5.28. The third-order valence-electron chi connectivity index (χ3n) is 7.25. The van der Waals surface area contributed by atoms with E-state index in [1.165, 1.54) is 0 Å². The lowest BCUT2D eigenvalue weighted by Gasteiger charge is -2.40. The van der Waals surface area contributed by atoms with Crippen molar-refractivity contribution >= 4 is 34.3 Å². The molecule has 2 saturated carbocycles. The van der Waals surface area contributed by atoms with Gasteiger partial charge in [-0.25, -0.2) is 9.67 Å². The molecule has 0 radical (unpaired) electrons. The zero-order valence-corrected chi connectivity index (χ0v) is 18.9. The first-order chi connectivity index (χ1) is 15.9. The number of aliphatic carboxylic acids is 1. The Bertz CT molecular complexity index is 1110. The number of carboxylic acid groups (broad SMARTS) is 1. The lowest BCUT2D eigenvalue weighted by atomic mass is 9.70. The van der Waals surface area contributed by atoms with Crippen LogP contribution in [-0.4, -0.2) is 50.4 Å². The zero-order valence-electron chi connectivity index (χ0n) is 18.9. The molecule has 176 valence electrons. The summed E-state index contributed by atoms with van der Waals surface area (Å²) in [5.41, 5.74) is 6.04. The topological polar surface area (TPSA) is 130 Å². The molecular formula is C23H30N6O4. The van der Waals surface area contributed by atoms with Gasteiger partial charge in [0, 0.05) is 37.3 Å². The number of anilines is 1. The number of carboxylic acids is 1. The summed E-state index contributed by atoms with van der Waals surface area (Å²) in [6.07, 6.45) is 9.91. The van der Waals surface area contributed by atoms with E-state index >= 15 is 0 Å². The first-order valence-corrected chi connectivity index (χ1v) is 11.7. The largest absolute Gasteiger partial charge is 0.481 e. The van der Waals surface area contributed by atoms with Crippen LogP contribution in [-0.2, 0) is 21.0 Å². The van der Waals surface area contributed by atoms with Gasteiger partial charge < -0.3 is 15.7 Å². The minimum absolute atomic E-state index is 0.0421. The van der Waals surface area contributed by atoms with E-state index in [-0.39, 0.29) is 23.8 Å². The monoisotopic (exact) mass is 454 g/mol. The van der Waals surface area contributed by atoms with Crippen LogP contribution in [0.15, 0.2) is 18.5 Å². The number of fused-ring (bicyclic) bond motifs is 1. The number of nitrogens with zero attached hydrogens (tertiary/aromatic N) is 3. The number of hydroxylamine groups is 1. The molecule has 3 heterocycles. The second-order valence-electron chi connectivity index (χ2n) is 9.32. The van der Waals surface area contributed by atoms with Crippen LogP contribution in [0.4, 0.5) is 5.69 Å². The number of amides is 1. The lowest BCUT2D eigenvalue weighted by molar-refractivity contribution is -0.146. The maximum Gasteiger partial charge on any atom is 0.306 e. The van der Waals surface area contributed by atoms with E-state index in [4.69, 9.17) is 4.84 Å². The molecule has 5 rings (SSSR count). The minimum atomic E-state index is -0.706. The summed E-state index contributed by atoms with van der Waals surface area (Å²) >= 11 is 0. The molecule has 0 bridgehead atoms. The van der Waals surface area contributed by atoms with Crippen molar-refractivity contribution in [3.05, 3.63) is 24.0 Å². The molecule has 1 aliphatic heterocycles. The predicted octanol–water partition coefficient (Wildman–Crippen LogP) is 2.28. The van der Waals surface area contributed by atoms with Crippen LogP contribution in [0.5, 0.6) is 0 Å². The van der Waals surface area contributed by atoms with Crippen molar-refractivity contribution in [3.63, 3.8) is 0 Å². The van der Waals surface area contributed by atoms with Gasteiger partial charge in [-0.1, -0.05) is 0 Å². The summed E-state index contributed by atoms with van der Waals surface area (Å²) in [7, 11) is 1.65. The van der Waals surface area contributed by atoms with Gasteiger partial charge in [-0.3, -0.25) is 19.9 Å². The van der Waals surface area contributed by atoms with Crippen LogP contribution in [0.1, 0.15) is 51.0 Å². The highest BCUT2D eigenvalue weighted by Gasteiger charge is 2.50. The molecule has 2 aliphatic carbocycles. The number of hydrogen-bond donors (Lipinski definition) is 4. The summed E-state index contributed by atoms with van der Waals surface area (Å²) in [4.78, 5) is 33.9. The second kappa shape index (κ2) is 8.33. The van der Waals surface area contributed by atoms with E-state index in [2.05, 4.69) is 32.3 Å². The van der Waals surface area contributed by atoms with Crippen molar-refractivity contribution in [2.45, 2.75) is 63.6 Å². The van der Waals surface area contributed by atoms with Gasteiger partial charge in [0.25, 0.3) is 0 Å². The van der Waals surface area contributed by atoms with E-state index < -0.39 is 11.6 Å². The van der Waals surface area contributed by atoms with E-state index in [9.17, 15) is 14.7 Å². The number of nitrogens with one attached hydrogen (secondary N) is 3. The van der Waals surface area contributed by atoms with Crippen LogP contribution in [0, 0.1) is 11.8 Å². The number of pyridine rings is 1. The molecule has 0 saturated heterocycles. The molecule has 0 atom stereocenters. The Kier molecular flexibility index (Phi) is 5.48. The first kappa shape index (κ1) is 21.7. The van der Waals surface area contributed by atoms with Crippen molar-refractivity contribution in [3.8, 4) is 0 Å². The van der Waals surface area contributed by atoms with E-state index in [0.717, 1.165) is 40.8 Å². The van der Waals surface area contributed by atoms with Crippen molar-refractivity contribution in [1.29, 1.82) is 0 Å². The van der Waals surface area contributed by atoms with Gasteiger partial charge in [0.1, 0.15) is 5.60 Å².